The van der Waals surface area contributed by atoms with E-state index in [4.69, 9.17) is 9.84 Å². The molecule has 1 atom stereocenters. The lowest BCUT2D eigenvalue weighted by atomic mass is 10.1. The lowest BCUT2D eigenvalue weighted by molar-refractivity contribution is 0.0919. The zero-order chi connectivity index (χ0) is 12.1. The summed E-state index contributed by atoms with van der Waals surface area (Å²) in [5, 5.41) is 20.9. The van der Waals surface area contributed by atoms with Gasteiger partial charge in [-0.15, -0.1) is 0 Å². The molecule has 16 heavy (non-hydrogen) atoms. The van der Waals surface area contributed by atoms with Gasteiger partial charge in [0.1, 0.15) is 11.5 Å². The molecule has 0 aromatic heterocycles. The molecule has 1 rings (SSSR count). The molecule has 0 saturated heterocycles. The Kier molecular flexibility index (Phi) is 4.13. The number of rotatable bonds is 4. The van der Waals surface area contributed by atoms with Crippen molar-refractivity contribution in [1.82, 2.24) is 5.32 Å². The summed E-state index contributed by atoms with van der Waals surface area (Å²) < 4.78 is 4.90. The maximum Gasteiger partial charge on any atom is 0.255 e. The van der Waals surface area contributed by atoms with E-state index in [0.717, 1.165) is 0 Å². The Hall–Kier alpha value is -1.75. The van der Waals surface area contributed by atoms with Crippen LogP contribution < -0.4 is 10.1 Å². The molecule has 0 unspecified atom stereocenters. The van der Waals surface area contributed by atoms with Crippen molar-refractivity contribution in [3.63, 3.8) is 0 Å². The molecule has 0 heterocycles. The van der Waals surface area contributed by atoms with Crippen molar-refractivity contribution in [1.29, 1.82) is 0 Å². The van der Waals surface area contributed by atoms with Crippen molar-refractivity contribution >= 4 is 5.91 Å². The van der Waals surface area contributed by atoms with Gasteiger partial charge in [0, 0.05) is 12.1 Å². The van der Waals surface area contributed by atoms with Crippen LogP contribution in [0.25, 0.3) is 0 Å². The Labute approximate surface area is 93.7 Å². The number of ether oxygens (including phenoxy) is 1. The molecule has 0 saturated carbocycles. The second-order valence-corrected chi connectivity index (χ2v) is 3.44. The molecule has 1 aromatic rings. The third-order valence-corrected chi connectivity index (χ3v) is 2.10. The quantitative estimate of drug-likeness (QED) is 0.697. The van der Waals surface area contributed by atoms with Crippen LogP contribution in [-0.4, -0.2) is 35.9 Å². The Morgan fingerprint density at radius 1 is 1.56 bits per heavy atom. The molecular formula is C11H15NO4. The number of aliphatic hydroxyl groups is 1. The van der Waals surface area contributed by atoms with Crippen molar-refractivity contribution in [2.75, 3.05) is 13.7 Å². The molecule has 5 nitrogen and oxygen atoms in total. The second kappa shape index (κ2) is 5.37. The van der Waals surface area contributed by atoms with E-state index in [2.05, 4.69) is 5.32 Å². The van der Waals surface area contributed by atoms with Gasteiger partial charge < -0.3 is 20.3 Å². The molecule has 5 heteroatoms. The summed E-state index contributed by atoms with van der Waals surface area (Å²) in [4.78, 5) is 11.6. The van der Waals surface area contributed by atoms with Gasteiger partial charge in [-0.25, -0.2) is 0 Å². The molecule has 0 spiro atoms. The molecule has 0 fully saturated rings. The highest BCUT2D eigenvalue weighted by atomic mass is 16.5. The van der Waals surface area contributed by atoms with Gasteiger partial charge in [0.2, 0.25) is 0 Å². The molecule has 88 valence electrons. The Morgan fingerprint density at radius 3 is 2.75 bits per heavy atom. The predicted molar refractivity (Wildman–Crippen MR) is 58.7 cm³/mol. The first-order chi connectivity index (χ1) is 7.58. The van der Waals surface area contributed by atoms with Crippen LogP contribution in [0.4, 0.5) is 0 Å². The van der Waals surface area contributed by atoms with Gasteiger partial charge >= 0.3 is 0 Å². The van der Waals surface area contributed by atoms with Crippen LogP contribution in [0.5, 0.6) is 11.5 Å². The van der Waals surface area contributed by atoms with Gasteiger partial charge in [-0.05, 0) is 19.1 Å². The standard InChI is InChI=1S/C11H15NO4/c1-7(6-13)12-11(15)9-4-3-8(16-2)5-10(9)14/h3-5,7,13-14H,6H2,1-2H3,(H,12,15)/t7-/m0/s1. The fraction of sp³-hybridized carbons (Fsp3) is 0.364. The predicted octanol–water partition coefficient (Wildman–Crippen LogP) is 0.511. The summed E-state index contributed by atoms with van der Waals surface area (Å²) in [7, 11) is 1.47. The van der Waals surface area contributed by atoms with E-state index in [9.17, 15) is 9.90 Å². The van der Waals surface area contributed by atoms with Crippen LogP contribution in [0, 0.1) is 0 Å². The van der Waals surface area contributed by atoms with Crippen molar-refractivity contribution < 1.29 is 19.7 Å². The van der Waals surface area contributed by atoms with Crippen LogP contribution in [0.15, 0.2) is 18.2 Å². The van der Waals surface area contributed by atoms with Gasteiger partial charge in [0.05, 0.1) is 19.3 Å². The van der Waals surface area contributed by atoms with Gasteiger partial charge in [-0.2, -0.15) is 0 Å². The minimum absolute atomic E-state index is 0.150. The van der Waals surface area contributed by atoms with Gasteiger partial charge in [-0.1, -0.05) is 0 Å². The van der Waals surface area contributed by atoms with Gasteiger partial charge in [-0.3, -0.25) is 4.79 Å². The summed E-state index contributed by atoms with van der Waals surface area (Å²) in [5.74, 6) is -0.104. The molecule has 1 amide bonds. The van der Waals surface area contributed by atoms with E-state index < -0.39 is 5.91 Å². The van der Waals surface area contributed by atoms with Crippen molar-refractivity contribution in [2.45, 2.75) is 13.0 Å². The third kappa shape index (κ3) is 2.87. The van der Waals surface area contributed by atoms with E-state index >= 15 is 0 Å². The monoisotopic (exact) mass is 225 g/mol. The average molecular weight is 225 g/mol. The Morgan fingerprint density at radius 2 is 2.25 bits per heavy atom. The number of carbonyl (C=O) groups is 1. The first-order valence-electron chi connectivity index (χ1n) is 4.87. The normalized spacial score (nSPS) is 11.9. The summed E-state index contributed by atoms with van der Waals surface area (Å²) in [6.45, 7) is 1.52. The maximum absolute atomic E-state index is 11.6. The number of amides is 1. The molecule has 0 aliphatic heterocycles. The molecule has 1 aromatic carbocycles. The van der Waals surface area contributed by atoms with E-state index in [0.29, 0.717) is 5.75 Å². The van der Waals surface area contributed by atoms with Crippen LogP contribution in [0.3, 0.4) is 0 Å². The van der Waals surface area contributed by atoms with Gasteiger partial charge in [0.25, 0.3) is 5.91 Å². The summed E-state index contributed by atoms with van der Waals surface area (Å²) >= 11 is 0. The number of nitrogens with one attached hydrogen (secondary N) is 1. The Balaban J connectivity index is 2.84. The number of aromatic hydroxyl groups is 1. The summed E-state index contributed by atoms with van der Waals surface area (Å²) in [6.07, 6.45) is 0. The summed E-state index contributed by atoms with van der Waals surface area (Å²) in [6, 6.07) is 4.05. The number of hydrogen-bond acceptors (Lipinski definition) is 4. The van der Waals surface area contributed by atoms with E-state index in [1.165, 1.54) is 19.2 Å². The van der Waals surface area contributed by atoms with Crippen LogP contribution in [-0.2, 0) is 0 Å². The van der Waals surface area contributed by atoms with E-state index in [1.807, 2.05) is 0 Å². The highest BCUT2D eigenvalue weighted by Crippen LogP contribution is 2.23. The van der Waals surface area contributed by atoms with Crippen molar-refractivity contribution in [3.05, 3.63) is 23.8 Å². The number of hydrogen-bond donors (Lipinski definition) is 3. The molecule has 0 aliphatic carbocycles. The lowest BCUT2D eigenvalue weighted by Crippen LogP contribution is -2.34. The number of phenols is 1. The highest BCUT2D eigenvalue weighted by molar-refractivity contribution is 5.97. The number of benzene rings is 1. The van der Waals surface area contributed by atoms with Gasteiger partial charge in [0.15, 0.2) is 0 Å². The SMILES string of the molecule is COc1ccc(C(=O)N[C@@H](C)CO)c(O)c1. The first-order valence-corrected chi connectivity index (χ1v) is 4.87. The second-order valence-electron chi connectivity index (χ2n) is 3.44. The number of carbonyl (C=O) groups excluding carboxylic acids is 1. The van der Waals surface area contributed by atoms with E-state index in [-0.39, 0.29) is 24.0 Å². The largest absolute Gasteiger partial charge is 0.507 e. The Bertz CT molecular complexity index is 378. The fourth-order valence-electron chi connectivity index (χ4n) is 1.18. The number of phenolic OH excluding ortho intramolecular Hbond substituents is 1. The zero-order valence-electron chi connectivity index (χ0n) is 9.23. The zero-order valence-corrected chi connectivity index (χ0v) is 9.23. The number of aliphatic hydroxyl groups excluding tert-OH is 1. The fourth-order valence-corrected chi connectivity index (χ4v) is 1.18. The van der Waals surface area contributed by atoms with Crippen LogP contribution in [0.2, 0.25) is 0 Å². The smallest absolute Gasteiger partial charge is 0.255 e. The van der Waals surface area contributed by atoms with Crippen molar-refractivity contribution in [2.24, 2.45) is 0 Å². The topological polar surface area (TPSA) is 78.8 Å². The maximum atomic E-state index is 11.6. The van der Waals surface area contributed by atoms with E-state index in [1.54, 1.807) is 13.0 Å². The third-order valence-electron chi connectivity index (χ3n) is 2.10. The molecular weight excluding hydrogens is 210 g/mol. The lowest BCUT2D eigenvalue weighted by Gasteiger charge is -2.12. The molecule has 0 radical (unpaired) electrons. The van der Waals surface area contributed by atoms with Crippen LogP contribution >= 0.6 is 0 Å². The molecule has 0 aliphatic rings. The minimum atomic E-state index is -0.429. The molecule has 0 bridgehead atoms. The molecule has 3 N–H and O–H groups in total. The minimum Gasteiger partial charge on any atom is -0.507 e. The number of methoxy groups -OCH3 is 1. The highest BCUT2D eigenvalue weighted by Gasteiger charge is 2.13. The van der Waals surface area contributed by atoms with Crippen LogP contribution in [0.1, 0.15) is 17.3 Å². The summed E-state index contributed by atoms with van der Waals surface area (Å²) in [5.41, 5.74) is 0.154. The van der Waals surface area contributed by atoms with Crippen molar-refractivity contribution in [3.8, 4) is 11.5 Å². The first kappa shape index (κ1) is 12.3. The average Bonchev–Trinajstić information content (AvgIpc) is 2.28.